The summed E-state index contributed by atoms with van der Waals surface area (Å²) in [6.45, 7) is 0. The Balaban J connectivity index is 0.00000220. The average molecular weight is 389 g/mol. The second-order valence-corrected chi connectivity index (χ2v) is 6.11. The topological polar surface area (TPSA) is 35.2 Å². The summed E-state index contributed by atoms with van der Waals surface area (Å²) in [6, 6.07) is 4.20. The number of hydrogen-bond donors (Lipinski definition) is 1. The van der Waals surface area contributed by atoms with Gasteiger partial charge in [0.2, 0.25) is 0 Å². The molecule has 0 amide bonds. The van der Waals surface area contributed by atoms with Gasteiger partial charge in [-0.05, 0) is 42.5 Å². The molecule has 0 saturated heterocycles. The van der Waals surface area contributed by atoms with Crippen molar-refractivity contribution in [3.63, 3.8) is 0 Å². The highest BCUT2D eigenvalue weighted by Crippen LogP contribution is 2.36. The molecule has 0 aromatic heterocycles. The van der Waals surface area contributed by atoms with Gasteiger partial charge in [-0.1, -0.05) is 35.2 Å². The fraction of sp³-hybridized carbons (Fsp3) is 0.571. The number of nitrogens with two attached hydrogens (primary N) is 1. The van der Waals surface area contributed by atoms with Gasteiger partial charge in [0.15, 0.2) is 0 Å². The monoisotopic (exact) mass is 387 g/mol. The maximum atomic E-state index is 12.3. The standard InChI is InChI=1S/C14H17BrF3NO.ClH/c15-11-6-10(7-12(8-11)20-14(16,17)18)13(19)9-4-2-1-3-5-9;/h6-9,13H,1-5,19H2;1H/t13-;/m1./s1. The van der Waals surface area contributed by atoms with Gasteiger partial charge in [0.25, 0.3) is 0 Å². The second-order valence-electron chi connectivity index (χ2n) is 5.19. The SMILES string of the molecule is Cl.N[C@@H](c1cc(Br)cc(OC(F)(F)F)c1)C1CCCCC1. The minimum atomic E-state index is -4.69. The van der Waals surface area contributed by atoms with Crippen molar-refractivity contribution in [2.45, 2.75) is 44.5 Å². The van der Waals surface area contributed by atoms with Gasteiger partial charge in [-0.15, -0.1) is 25.6 Å². The molecular weight excluding hydrogens is 371 g/mol. The van der Waals surface area contributed by atoms with Gasteiger partial charge in [0.1, 0.15) is 5.75 Å². The molecule has 2 nitrogen and oxygen atoms in total. The third-order valence-electron chi connectivity index (χ3n) is 3.67. The first-order valence-electron chi connectivity index (χ1n) is 6.67. The number of alkyl halides is 3. The van der Waals surface area contributed by atoms with Crippen molar-refractivity contribution < 1.29 is 17.9 Å². The Hall–Kier alpha value is -0.460. The van der Waals surface area contributed by atoms with Crippen LogP contribution in [0.15, 0.2) is 22.7 Å². The first-order valence-corrected chi connectivity index (χ1v) is 7.46. The molecule has 120 valence electrons. The quantitative estimate of drug-likeness (QED) is 0.757. The molecule has 0 aliphatic heterocycles. The van der Waals surface area contributed by atoms with E-state index in [1.807, 2.05) is 0 Å². The van der Waals surface area contributed by atoms with Crippen LogP contribution in [0.3, 0.4) is 0 Å². The van der Waals surface area contributed by atoms with Crippen LogP contribution in [0.2, 0.25) is 0 Å². The maximum absolute atomic E-state index is 12.3. The van der Waals surface area contributed by atoms with Crippen LogP contribution in [0.1, 0.15) is 43.7 Å². The van der Waals surface area contributed by atoms with Crippen molar-refractivity contribution in [3.8, 4) is 5.75 Å². The number of hydrogen-bond acceptors (Lipinski definition) is 2. The predicted molar refractivity (Wildman–Crippen MR) is 81.6 cm³/mol. The summed E-state index contributed by atoms with van der Waals surface area (Å²) in [6.07, 6.45) is 0.861. The van der Waals surface area contributed by atoms with Gasteiger partial charge in [-0.25, -0.2) is 0 Å². The Morgan fingerprint density at radius 2 is 1.76 bits per heavy atom. The molecule has 1 saturated carbocycles. The number of halogens is 5. The summed E-state index contributed by atoms with van der Waals surface area (Å²) in [5, 5.41) is 0. The molecule has 7 heteroatoms. The molecule has 1 aliphatic carbocycles. The summed E-state index contributed by atoms with van der Waals surface area (Å²) in [7, 11) is 0. The fourth-order valence-corrected chi connectivity index (χ4v) is 3.22. The van der Waals surface area contributed by atoms with Crippen molar-refractivity contribution in [2.24, 2.45) is 11.7 Å². The molecule has 0 spiro atoms. The molecule has 1 aromatic carbocycles. The Kier molecular flexibility index (Phi) is 6.81. The molecule has 0 heterocycles. The normalized spacial score (nSPS) is 18.0. The van der Waals surface area contributed by atoms with E-state index < -0.39 is 6.36 Å². The number of rotatable bonds is 3. The van der Waals surface area contributed by atoms with Crippen LogP contribution >= 0.6 is 28.3 Å². The first-order chi connectivity index (χ1) is 9.35. The van der Waals surface area contributed by atoms with Gasteiger partial charge >= 0.3 is 6.36 Å². The smallest absolute Gasteiger partial charge is 0.406 e. The third kappa shape index (κ3) is 5.68. The fourth-order valence-electron chi connectivity index (χ4n) is 2.73. The molecular formula is C14H18BrClF3NO. The van der Waals surface area contributed by atoms with Crippen molar-refractivity contribution in [1.29, 1.82) is 0 Å². The van der Waals surface area contributed by atoms with E-state index in [9.17, 15) is 13.2 Å². The summed E-state index contributed by atoms with van der Waals surface area (Å²) in [5.74, 6) is 0.102. The second kappa shape index (κ2) is 7.70. The lowest BCUT2D eigenvalue weighted by Crippen LogP contribution is -2.24. The molecule has 0 unspecified atom stereocenters. The van der Waals surface area contributed by atoms with Crippen molar-refractivity contribution in [3.05, 3.63) is 28.2 Å². The lowest BCUT2D eigenvalue weighted by molar-refractivity contribution is -0.274. The van der Waals surface area contributed by atoms with Crippen LogP contribution < -0.4 is 10.5 Å². The third-order valence-corrected chi connectivity index (χ3v) is 4.13. The van der Waals surface area contributed by atoms with Crippen molar-refractivity contribution >= 4 is 28.3 Å². The average Bonchev–Trinajstić information content (AvgIpc) is 2.36. The van der Waals surface area contributed by atoms with E-state index in [-0.39, 0.29) is 24.2 Å². The van der Waals surface area contributed by atoms with E-state index in [0.717, 1.165) is 25.7 Å². The molecule has 1 aromatic rings. The maximum Gasteiger partial charge on any atom is 0.573 e. The summed E-state index contributed by atoms with van der Waals surface area (Å²) in [5.41, 5.74) is 6.90. The molecule has 1 atom stereocenters. The van der Waals surface area contributed by atoms with Gasteiger partial charge in [-0.2, -0.15) is 0 Å². The molecule has 1 aliphatic rings. The minimum Gasteiger partial charge on any atom is -0.406 e. The highest BCUT2D eigenvalue weighted by molar-refractivity contribution is 9.10. The van der Waals surface area contributed by atoms with Gasteiger partial charge in [0, 0.05) is 10.5 Å². The van der Waals surface area contributed by atoms with Crippen molar-refractivity contribution in [1.82, 2.24) is 0 Å². The molecule has 1 fully saturated rings. The van der Waals surface area contributed by atoms with E-state index in [4.69, 9.17) is 5.73 Å². The lowest BCUT2D eigenvalue weighted by atomic mass is 9.81. The van der Waals surface area contributed by atoms with Crippen LogP contribution in [0.4, 0.5) is 13.2 Å². The van der Waals surface area contributed by atoms with Crippen LogP contribution in [0.25, 0.3) is 0 Å². The minimum absolute atomic E-state index is 0. The van der Waals surface area contributed by atoms with E-state index in [1.165, 1.54) is 18.6 Å². The number of benzene rings is 1. The molecule has 21 heavy (non-hydrogen) atoms. The van der Waals surface area contributed by atoms with Crippen LogP contribution in [0.5, 0.6) is 5.75 Å². The van der Waals surface area contributed by atoms with Crippen molar-refractivity contribution in [2.75, 3.05) is 0 Å². The van der Waals surface area contributed by atoms with E-state index >= 15 is 0 Å². The Morgan fingerprint density at radius 3 is 2.33 bits per heavy atom. The largest absolute Gasteiger partial charge is 0.573 e. The summed E-state index contributed by atoms with van der Waals surface area (Å²) in [4.78, 5) is 0. The Morgan fingerprint density at radius 1 is 1.14 bits per heavy atom. The van der Waals surface area contributed by atoms with E-state index in [1.54, 1.807) is 6.07 Å². The highest BCUT2D eigenvalue weighted by atomic mass is 79.9. The lowest BCUT2D eigenvalue weighted by Gasteiger charge is -2.28. The van der Waals surface area contributed by atoms with Gasteiger partial charge in [0.05, 0.1) is 0 Å². The van der Waals surface area contributed by atoms with E-state index in [2.05, 4.69) is 20.7 Å². The summed E-state index contributed by atoms with van der Waals surface area (Å²) < 4.78 is 41.4. The zero-order chi connectivity index (χ0) is 14.8. The van der Waals surface area contributed by atoms with Crippen LogP contribution in [0, 0.1) is 5.92 Å². The summed E-state index contributed by atoms with van der Waals surface area (Å²) >= 11 is 3.21. The zero-order valence-electron chi connectivity index (χ0n) is 11.3. The van der Waals surface area contributed by atoms with Gasteiger partial charge in [-0.3, -0.25) is 0 Å². The predicted octanol–water partition coefficient (Wildman–Crippen LogP) is 5.35. The Bertz CT molecular complexity index is 464. The molecule has 0 radical (unpaired) electrons. The first kappa shape index (κ1) is 18.6. The van der Waals surface area contributed by atoms with Gasteiger partial charge < -0.3 is 10.5 Å². The van der Waals surface area contributed by atoms with Crippen LogP contribution in [-0.4, -0.2) is 6.36 Å². The van der Waals surface area contributed by atoms with Crippen LogP contribution in [-0.2, 0) is 0 Å². The zero-order valence-corrected chi connectivity index (χ0v) is 13.7. The molecule has 2 N–H and O–H groups in total. The molecule has 0 bridgehead atoms. The van der Waals surface area contributed by atoms with E-state index in [0.29, 0.717) is 16.0 Å². The molecule has 2 rings (SSSR count). The number of ether oxygens (including phenoxy) is 1. The Labute approximate surface area is 136 Å². The highest BCUT2D eigenvalue weighted by Gasteiger charge is 2.31.